The third kappa shape index (κ3) is 5.34. The van der Waals surface area contributed by atoms with Crippen LogP contribution in [0, 0.1) is 5.92 Å². The minimum absolute atomic E-state index is 0.183. The van der Waals surface area contributed by atoms with E-state index in [2.05, 4.69) is 0 Å². The molecule has 0 aliphatic rings. The van der Waals surface area contributed by atoms with Gasteiger partial charge in [-0.2, -0.15) is 0 Å². The maximum Gasteiger partial charge on any atom is 0.303 e. The van der Waals surface area contributed by atoms with Crippen molar-refractivity contribution in [2.75, 3.05) is 13.2 Å². The van der Waals surface area contributed by atoms with Gasteiger partial charge in [0.05, 0.1) is 19.8 Å². The van der Waals surface area contributed by atoms with Crippen LogP contribution in [-0.4, -0.2) is 24.3 Å². The second-order valence-corrected chi connectivity index (χ2v) is 5.90. The topological polar surface area (TPSA) is 55.8 Å². The van der Waals surface area contributed by atoms with Crippen LogP contribution in [0.25, 0.3) is 0 Å². The van der Waals surface area contributed by atoms with Crippen LogP contribution in [0.2, 0.25) is 5.02 Å². The van der Waals surface area contributed by atoms with Gasteiger partial charge < -0.3 is 14.6 Å². The fraction of sp³-hybridized carbons (Fsp3) is 0.316. The molecule has 1 N–H and O–H groups in total. The summed E-state index contributed by atoms with van der Waals surface area (Å²) in [7, 11) is 0. The molecule has 2 aromatic rings. The molecule has 0 amide bonds. The van der Waals surface area contributed by atoms with E-state index in [0.717, 1.165) is 5.56 Å². The van der Waals surface area contributed by atoms with Crippen LogP contribution < -0.4 is 0 Å². The average Bonchev–Trinajstić information content (AvgIpc) is 2.58. The van der Waals surface area contributed by atoms with Gasteiger partial charge in [0, 0.05) is 23.4 Å². The Morgan fingerprint density at radius 1 is 1.12 bits per heavy atom. The Bertz CT molecular complexity index is 645. The van der Waals surface area contributed by atoms with E-state index in [9.17, 15) is 9.90 Å². The first-order valence-electron chi connectivity index (χ1n) is 7.76. The lowest BCUT2D eigenvalue weighted by Crippen LogP contribution is -2.26. The van der Waals surface area contributed by atoms with Gasteiger partial charge in [-0.1, -0.05) is 60.1 Å². The number of aliphatic hydroxyl groups is 1. The third-order valence-electron chi connectivity index (χ3n) is 3.61. The number of rotatable bonds is 8. The van der Waals surface area contributed by atoms with Gasteiger partial charge in [0.15, 0.2) is 0 Å². The summed E-state index contributed by atoms with van der Waals surface area (Å²) in [6, 6.07) is 16.9. The van der Waals surface area contributed by atoms with Crippen LogP contribution in [-0.2, 0) is 20.9 Å². The quantitative estimate of drug-likeness (QED) is 0.738. The summed E-state index contributed by atoms with van der Waals surface area (Å²) in [6.45, 7) is 1.82. The fourth-order valence-corrected chi connectivity index (χ4v) is 2.68. The van der Waals surface area contributed by atoms with Gasteiger partial charge in [-0.3, -0.25) is 4.79 Å². The highest BCUT2D eigenvalue weighted by Gasteiger charge is 2.27. The Labute approximate surface area is 147 Å². The molecule has 5 heteroatoms. The molecule has 24 heavy (non-hydrogen) atoms. The predicted molar refractivity (Wildman–Crippen MR) is 92.6 cm³/mol. The molecule has 2 aromatic carbocycles. The minimum Gasteiger partial charge on any atom is -0.457 e. The van der Waals surface area contributed by atoms with Gasteiger partial charge in [0.1, 0.15) is 6.10 Å². The number of benzene rings is 2. The first-order valence-corrected chi connectivity index (χ1v) is 8.13. The number of carbonyl (C=O) groups excluding carboxylic acids is 1. The number of hydrogen-bond donors (Lipinski definition) is 1. The van der Waals surface area contributed by atoms with Crippen molar-refractivity contribution < 1.29 is 19.4 Å². The van der Waals surface area contributed by atoms with Crippen LogP contribution >= 0.6 is 11.6 Å². The number of esters is 1. The molecule has 0 radical (unpaired) electrons. The zero-order valence-corrected chi connectivity index (χ0v) is 14.3. The van der Waals surface area contributed by atoms with Gasteiger partial charge in [-0.15, -0.1) is 0 Å². The van der Waals surface area contributed by atoms with E-state index in [1.165, 1.54) is 6.92 Å². The van der Waals surface area contributed by atoms with Crippen LogP contribution in [0.3, 0.4) is 0 Å². The van der Waals surface area contributed by atoms with Crippen LogP contribution in [0.1, 0.15) is 24.2 Å². The van der Waals surface area contributed by atoms with E-state index in [1.807, 2.05) is 36.4 Å². The van der Waals surface area contributed by atoms with Gasteiger partial charge in [-0.25, -0.2) is 0 Å². The summed E-state index contributed by atoms with van der Waals surface area (Å²) in [5, 5.41) is 10.2. The molecule has 128 valence electrons. The first kappa shape index (κ1) is 18.5. The van der Waals surface area contributed by atoms with Crippen LogP contribution in [0.4, 0.5) is 0 Å². The van der Waals surface area contributed by atoms with Crippen molar-refractivity contribution in [3.8, 4) is 0 Å². The molecule has 0 heterocycles. The minimum atomic E-state index is -0.656. The number of ether oxygens (including phenoxy) is 2. The van der Waals surface area contributed by atoms with E-state index < -0.39 is 18.0 Å². The highest BCUT2D eigenvalue weighted by atomic mass is 35.5. The Balaban J connectivity index is 2.07. The summed E-state index contributed by atoms with van der Waals surface area (Å²) in [6.07, 6.45) is -0.656. The molecular formula is C19H21ClO4. The average molecular weight is 349 g/mol. The Morgan fingerprint density at radius 2 is 1.79 bits per heavy atom. The van der Waals surface area contributed by atoms with Gasteiger partial charge in [0.25, 0.3) is 0 Å². The molecule has 2 rings (SSSR count). The second kappa shape index (κ2) is 9.42. The molecule has 0 aromatic heterocycles. The van der Waals surface area contributed by atoms with Gasteiger partial charge in [0.2, 0.25) is 0 Å². The zero-order valence-electron chi connectivity index (χ0n) is 13.5. The summed E-state index contributed by atoms with van der Waals surface area (Å²) in [5.41, 5.74) is 1.70. The van der Waals surface area contributed by atoms with E-state index in [1.54, 1.807) is 18.2 Å². The normalized spacial score (nSPS) is 13.3. The SMILES string of the molecule is CC(=O)OC(c1ccccc1Cl)C(CO)COCc1ccccc1. The number of hydrogen-bond acceptors (Lipinski definition) is 4. The molecule has 0 spiro atoms. The zero-order chi connectivity index (χ0) is 17.4. The molecule has 0 saturated carbocycles. The maximum atomic E-state index is 11.5. The third-order valence-corrected chi connectivity index (χ3v) is 3.96. The predicted octanol–water partition coefficient (Wildman–Crippen LogP) is 3.77. The van der Waals surface area contributed by atoms with Gasteiger partial charge >= 0.3 is 5.97 Å². The molecule has 2 atom stereocenters. The summed E-state index contributed by atoms with van der Waals surface area (Å²) in [4.78, 5) is 11.5. The molecule has 4 nitrogen and oxygen atoms in total. The molecule has 0 bridgehead atoms. The highest BCUT2D eigenvalue weighted by Crippen LogP contribution is 2.32. The number of halogens is 1. The van der Waals surface area contributed by atoms with Crippen molar-refractivity contribution >= 4 is 17.6 Å². The lowest BCUT2D eigenvalue weighted by atomic mass is 9.96. The molecule has 0 aliphatic heterocycles. The fourth-order valence-electron chi connectivity index (χ4n) is 2.44. The van der Waals surface area contributed by atoms with E-state index >= 15 is 0 Å². The largest absolute Gasteiger partial charge is 0.457 e. The lowest BCUT2D eigenvalue weighted by Gasteiger charge is -2.26. The van der Waals surface area contributed by atoms with Crippen LogP contribution in [0.5, 0.6) is 0 Å². The smallest absolute Gasteiger partial charge is 0.303 e. The molecule has 0 saturated heterocycles. The number of aliphatic hydroxyl groups excluding tert-OH is 1. The molecule has 2 unspecified atom stereocenters. The van der Waals surface area contributed by atoms with Gasteiger partial charge in [-0.05, 0) is 11.6 Å². The lowest BCUT2D eigenvalue weighted by molar-refractivity contribution is -0.152. The van der Waals surface area contributed by atoms with Crippen LogP contribution in [0.15, 0.2) is 54.6 Å². The number of carbonyl (C=O) groups is 1. The standard InChI is InChI=1S/C19H21ClO4/c1-14(22)24-19(17-9-5-6-10-18(17)20)16(11-21)13-23-12-15-7-3-2-4-8-15/h2-10,16,19,21H,11-13H2,1H3. The van der Waals surface area contributed by atoms with E-state index in [-0.39, 0.29) is 13.2 Å². The second-order valence-electron chi connectivity index (χ2n) is 5.49. The highest BCUT2D eigenvalue weighted by molar-refractivity contribution is 6.31. The van der Waals surface area contributed by atoms with Crippen molar-refractivity contribution in [1.82, 2.24) is 0 Å². The monoisotopic (exact) mass is 348 g/mol. The Hall–Kier alpha value is -1.88. The van der Waals surface area contributed by atoms with Crippen molar-refractivity contribution in [2.24, 2.45) is 5.92 Å². The summed E-state index contributed by atoms with van der Waals surface area (Å²) < 4.78 is 11.1. The first-order chi connectivity index (χ1) is 11.6. The van der Waals surface area contributed by atoms with Crippen molar-refractivity contribution in [3.63, 3.8) is 0 Å². The van der Waals surface area contributed by atoms with Crippen molar-refractivity contribution in [1.29, 1.82) is 0 Å². The molecular weight excluding hydrogens is 328 g/mol. The van der Waals surface area contributed by atoms with E-state index in [4.69, 9.17) is 21.1 Å². The molecule has 0 aliphatic carbocycles. The van der Waals surface area contributed by atoms with E-state index in [0.29, 0.717) is 17.2 Å². The van der Waals surface area contributed by atoms with Crippen molar-refractivity contribution in [2.45, 2.75) is 19.6 Å². The van der Waals surface area contributed by atoms with Crippen molar-refractivity contribution in [3.05, 3.63) is 70.7 Å². The molecule has 0 fully saturated rings. The Kier molecular flexibility index (Phi) is 7.25. The summed E-state index contributed by atoms with van der Waals surface area (Å²) in [5.74, 6) is -0.834. The summed E-state index contributed by atoms with van der Waals surface area (Å²) >= 11 is 6.22. The Morgan fingerprint density at radius 3 is 2.42 bits per heavy atom. The maximum absolute atomic E-state index is 11.5.